The molecule has 0 fully saturated rings. The van der Waals surface area contributed by atoms with Crippen LogP contribution in [0.3, 0.4) is 0 Å². The van der Waals surface area contributed by atoms with Crippen LogP contribution in [0.1, 0.15) is 12.5 Å². The predicted octanol–water partition coefficient (Wildman–Crippen LogP) is 4.26. The zero-order valence-corrected chi connectivity index (χ0v) is 10.8. The Morgan fingerprint density at radius 2 is 1.89 bits per heavy atom. The Morgan fingerprint density at radius 1 is 1.17 bits per heavy atom. The standard InChI is InChI=1S/C15H13ClO2/c1-11(17)9-12-7-8-14(16)15(10-12)18-13-5-3-2-4-6-13/h2-8,10H,9H2,1H3. The number of hydrogen-bond acceptors (Lipinski definition) is 2. The maximum atomic E-state index is 11.1. The zero-order valence-electron chi connectivity index (χ0n) is 10.0. The lowest BCUT2D eigenvalue weighted by Gasteiger charge is -2.09. The van der Waals surface area contributed by atoms with Crippen LogP contribution in [0.15, 0.2) is 48.5 Å². The molecule has 0 aliphatic rings. The molecule has 0 aromatic heterocycles. The van der Waals surface area contributed by atoms with Gasteiger partial charge in [0, 0.05) is 6.42 Å². The van der Waals surface area contributed by atoms with Crippen LogP contribution in [0.4, 0.5) is 0 Å². The third-order valence-corrected chi connectivity index (χ3v) is 2.73. The van der Waals surface area contributed by atoms with E-state index >= 15 is 0 Å². The maximum Gasteiger partial charge on any atom is 0.146 e. The number of carbonyl (C=O) groups excluding carboxylic acids is 1. The average molecular weight is 261 g/mol. The van der Waals surface area contributed by atoms with E-state index in [1.807, 2.05) is 36.4 Å². The van der Waals surface area contributed by atoms with Gasteiger partial charge in [-0.25, -0.2) is 0 Å². The van der Waals surface area contributed by atoms with E-state index in [1.54, 1.807) is 19.1 Å². The van der Waals surface area contributed by atoms with Crippen LogP contribution >= 0.6 is 11.6 Å². The number of carbonyl (C=O) groups is 1. The Balaban J connectivity index is 2.24. The fourth-order valence-electron chi connectivity index (χ4n) is 1.64. The summed E-state index contributed by atoms with van der Waals surface area (Å²) in [6.45, 7) is 1.56. The Kier molecular flexibility index (Phi) is 4.00. The smallest absolute Gasteiger partial charge is 0.146 e. The van der Waals surface area contributed by atoms with Gasteiger partial charge in [-0.15, -0.1) is 0 Å². The molecule has 0 aliphatic heterocycles. The number of para-hydroxylation sites is 1. The molecule has 0 aliphatic carbocycles. The van der Waals surface area contributed by atoms with Gasteiger partial charge in [0.1, 0.15) is 17.3 Å². The second kappa shape index (κ2) is 5.69. The molecule has 0 heterocycles. The summed E-state index contributed by atoms with van der Waals surface area (Å²) in [6, 6.07) is 14.8. The quantitative estimate of drug-likeness (QED) is 0.821. The van der Waals surface area contributed by atoms with E-state index in [2.05, 4.69) is 0 Å². The fourth-order valence-corrected chi connectivity index (χ4v) is 1.80. The summed E-state index contributed by atoms with van der Waals surface area (Å²) in [5.74, 6) is 1.41. The molecule has 92 valence electrons. The van der Waals surface area contributed by atoms with E-state index in [-0.39, 0.29) is 5.78 Å². The minimum Gasteiger partial charge on any atom is -0.456 e. The molecule has 0 N–H and O–H groups in total. The van der Waals surface area contributed by atoms with Gasteiger partial charge in [0.25, 0.3) is 0 Å². The van der Waals surface area contributed by atoms with E-state index < -0.39 is 0 Å². The molecule has 2 aromatic carbocycles. The van der Waals surface area contributed by atoms with Gasteiger partial charge in [-0.1, -0.05) is 35.9 Å². The van der Waals surface area contributed by atoms with Gasteiger partial charge in [0.15, 0.2) is 0 Å². The third kappa shape index (κ3) is 3.34. The van der Waals surface area contributed by atoms with Crippen molar-refractivity contribution in [2.75, 3.05) is 0 Å². The summed E-state index contributed by atoms with van der Waals surface area (Å²) in [5, 5.41) is 0.533. The average Bonchev–Trinajstić information content (AvgIpc) is 2.34. The van der Waals surface area contributed by atoms with Crippen molar-refractivity contribution in [3.05, 3.63) is 59.1 Å². The lowest BCUT2D eigenvalue weighted by Crippen LogP contribution is -1.96. The van der Waals surface area contributed by atoms with Crippen LogP contribution in [0.2, 0.25) is 5.02 Å². The highest BCUT2D eigenvalue weighted by Gasteiger charge is 2.06. The number of ether oxygens (including phenoxy) is 1. The van der Waals surface area contributed by atoms with Crippen molar-refractivity contribution in [2.24, 2.45) is 0 Å². The normalized spacial score (nSPS) is 10.1. The van der Waals surface area contributed by atoms with Gasteiger partial charge in [-0.2, -0.15) is 0 Å². The molecule has 2 rings (SSSR count). The molecule has 0 spiro atoms. The Bertz CT molecular complexity index is 550. The number of Topliss-reactive ketones (excluding diaryl/α,β-unsaturated/α-hetero) is 1. The van der Waals surface area contributed by atoms with Crippen molar-refractivity contribution in [3.8, 4) is 11.5 Å². The molecule has 2 aromatic rings. The maximum absolute atomic E-state index is 11.1. The molecule has 3 heteroatoms. The van der Waals surface area contributed by atoms with Crippen LogP contribution < -0.4 is 4.74 Å². The summed E-state index contributed by atoms with van der Waals surface area (Å²) < 4.78 is 5.69. The predicted molar refractivity (Wildman–Crippen MR) is 72.4 cm³/mol. The first-order chi connectivity index (χ1) is 8.65. The number of halogens is 1. The third-order valence-electron chi connectivity index (χ3n) is 2.42. The molecular weight excluding hydrogens is 248 g/mol. The lowest BCUT2D eigenvalue weighted by atomic mass is 10.1. The lowest BCUT2D eigenvalue weighted by molar-refractivity contribution is -0.116. The highest BCUT2D eigenvalue weighted by atomic mass is 35.5. The van der Waals surface area contributed by atoms with Crippen LogP contribution in [-0.4, -0.2) is 5.78 Å². The second-order valence-corrected chi connectivity index (χ2v) is 4.47. The van der Waals surface area contributed by atoms with Gasteiger partial charge >= 0.3 is 0 Å². The van der Waals surface area contributed by atoms with E-state index in [0.29, 0.717) is 17.2 Å². The molecule has 18 heavy (non-hydrogen) atoms. The zero-order chi connectivity index (χ0) is 13.0. The van der Waals surface area contributed by atoms with Crippen LogP contribution in [0, 0.1) is 0 Å². The molecule has 0 radical (unpaired) electrons. The Labute approximate surface area is 111 Å². The number of benzene rings is 2. The monoisotopic (exact) mass is 260 g/mol. The molecular formula is C15H13ClO2. The highest BCUT2D eigenvalue weighted by molar-refractivity contribution is 6.32. The van der Waals surface area contributed by atoms with Gasteiger partial charge in [-0.05, 0) is 36.8 Å². The molecule has 0 unspecified atom stereocenters. The van der Waals surface area contributed by atoms with E-state index in [4.69, 9.17) is 16.3 Å². The first kappa shape index (κ1) is 12.7. The first-order valence-electron chi connectivity index (χ1n) is 5.66. The SMILES string of the molecule is CC(=O)Cc1ccc(Cl)c(Oc2ccccc2)c1. The van der Waals surface area contributed by atoms with Gasteiger partial charge in [-0.3, -0.25) is 4.79 Å². The first-order valence-corrected chi connectivity index (χ1v) is 6.04. The van der Waals surface area contributed by atoms with Crippen LogP contribution in [0.5, 0.6) is 11.5 Å². The molecule has 0 saturated heterocycles. The van der Waals surface area contributed by atoms with Gasteiger partial charge in [0.2, 0.25) is 0 Å². The minimum atomic E-state index is 0.114. The molecule has 0 atom stereocenters. The summed E-state index contributed by atoms with van der Waals surface area (Å²) in [6.07, 6.45) is 0.391. The number of rotatable bonds is 4. The van der Waals surface area contributed by atoms with E-state index in [0.717, 1.165) is 11.3 Å². The van der Waals surface area contributed by atoms with E-state index in [1.165, 1.54) is 0 Å². The highest BCUT2D eigenvalue weighted by Crippen LogP contribution is 2.30. The largest absolute Gasteiger partial charge is 0.456 e. The van der Waals surface area contributed by atoms with Crippen molar-refractivity contribution >= 4 is 17.4 Å². The van der Waals surface area contributed by atoms with Crippen LogP contribution in [-0.2, 0) is 11.2 Å². The number of hydrogen-bond donors (Lipinski definition) is 0. The summed E-state index contributed by atoms with van der Waals surface area (Å²) in [5.41, 5.74) is 0.901. The summed E-state index contributed by atoms with van der Waals surface area (Å²) in [4.78, 5) is 11.1. The molecule has 0 amide bonds. The van der Waals surface area contributed by atoms with E-state index in [9.17, 15) is 4.79 Å². The van der Waals surface area contributed by atoms with Crippen molar-refractivity contribution in [2.45, 2.75) is 13.3 Å². The van der Waals surface area contributed by atoms with Crippen molar-refractivity contribution < 1.29 is 9.53 Å². The van der Waals surface area contributed by atoms with Crippen LogP contribution in [0.25, 0.3) is 0 Å². The second-order valence-electron chi connectivity index (χ2n) is 4.06. The topological polar surface area (TPSA) is 26.3 Å². The summed E-state index contributed by atoms with van der Waals surface area (Å²) in [7, 11) is 0. The fraction of sp³-hybridized carbons (Fsp3) is 0.133. The van der Waals surface area contributed by atoms with Crippen molar-refractivity contribution in [1.82, 2.24) is 0 Å². The summed E-state index contributed by atoms with van der Waals surface area (Å²) >= 11 is 6.07. The van der Waals surface area contributed by atoms with Crippen molar-refractivity contribution in [1.29, 1.82) is 0 Å². The Morgan fingerprint density at radius 3 is 2.56 bits per heavy atom. The Hall–Kier alpha value is -1.80. The minimum absolute atomic E-state index is 0.114. The van der Waals surface area contributed by atoms with Crippen molar-refractivity contribution in [3.63, 3.8) is 0 Å². The van der Waals surface area contributed by atoms with Gasteiger partial charge in [0.05, 0.1) is 5.02 Å². The molecule has 0 bridgehead atoms. The number of ketones is 1. The molecule has 2 nitrogen and oxygen atoms in total. The van der Waals surface area contributed by atoms with Gasteiger partial charge < -0.3 is 4.74 Å². The molecule has 0 saturated carbocycles.